The van der Waals surface area contributed by atoms with E-state index in [1.165, 1.54) is 12.8 Å². The standard InChI is InChI=1S/C15H29N3O2S/c1-5-9-10-12(6-2)11-18-14(8-4)15(21(16,19)20)13(7-3)17-18/h12H,5-11H2,1-4H3,(H2,16,19,20). The molecule has 0 aliphatic rings. The Morgan fingerprint density at radius 3 is 2.29 bits per heavy atom. The molecule has 122 valence electrons. The molecule has 0 bridgehead atoms. The van der Waals surface area contributed by atoms with Crippen molar-refractivity contribution in [3.8, 4) is 0 Å². The van der Waals surface area contributed by atoms with Crippen molar-refractivity contribution in [1.29, 1.82) is 0 Å². The van der Waals surface area contributed by atoms with Gasteiger partial charge in [0.25, 0.3) is 0 Å². The highest BCUT2D eigenvalue weighted by Gasteiger charge is 2.24. The molecule has 0 saturated carbocycles. The Morgan fingerprint density at radius 2 is 1.86 bits per heavy atom. The van der Waals surface area contributed by atoms with Crippen LogP contribution in [0.2, 0.25) is 0 Å². The van der Waals surface area contributed by atoms with Crippen molar-refractivity contribution in [2.24, 2.45) is 11.1 Å². The number of unbranched alkanes of at least 4 members (excludes halogenated alkanes) is 1. The lowest BCUT2D eigenvalue weighted by molar-refractivity contribution is 0.365. The van der Waals surface area contributed by atoms with Gasteiger partial charge in [-0.25, -0.2) is 13.6 Å². The van der Waals surface area contributed by atoms with E-state index in [2.05, 4.69) is 18.9 Å². The van der Waals surface area contributed by atoms with Crippen molar-refractivity contribution in [3.63, 3.8) is 0 Å². The van der Waals surface area contributed by atoms with E-state index in [-0.39, 0.29) is 4.90 Å². The molecule has 2 N–H and O–H groups in total. The van der Waals surface area contributed by atoms with Crippen LogP contribution in [0.1, 0.15) is 64.8 Å². The number of aryl methyl sites for hydroxylation is 1. The summed E-state index contributed by atoms with van der Waals surface area (Å²) >= 11 is 0. The number of aromatic nitrogens is 2. The van der Waals surface area contributed by atoms with Gasteiger partial charge in [-0.15, -0.1) is 0 Å². The third kappa shape index (κ3) is 4.54. The maximum atomic E-state index is 11.9. The SMILES string of the molecule is CCCCC(CC)Cn1nc(CC)c(S(N)(=O)=O)c1CC. The molecule has 0 fully saturated rings. The summed E-state index contributed by atoms with van der Waals surface area (Å²) in [6.07, 6.45) is 5.82. The van der Waals surface area contributed by atoms with E-state index in [9.17, 15) is 8.42 Å². The molecular weight excluding hydrogens is 286 g/mol. The summed E-state index contributed by atoms with van der Waals surface area (Å²) in [6.45, 7) is 9.01. The smallest absolute Gasteiger partial charge is 0.241 e. The first-order chi connectivity index (χ1) is 9.88. The largest absolute Gasteiger partial charge is 0.268 e. The molecule has 1 atom stereocenters. The summed E-state index contributed by atoms with van der Waals surface area (Å²) < 4.78 is 25.6. The van der Waals surface area contributed by atoms with Gasteiger partial charge in [-0.2, -0.15) is 5.10 Å². The van der Waals surface area contributed by atoms with Gasteiger partial charge in [0.2, 0.25) is 10.0 Å². The maximum absolute atomic E-state index is 11.9. The van der Waals surface area contributed by atoms with Crippen molar-refractivity contribution in [2.45, 2.75) is 77.7 Å². The molecule has 0 radical (unpaired) electrons. The van der Waals surface area contributed by atoms with E-state index in [4.69, 9.17) is 5.14 Å². The summed E-state index contributed by atoms with van der Waals surface area (Å²) in [7, 11) is -3.71. The van der Waals surface area contributed by atoms with Crippen molar-refractivity contribution in [2.75, 3.05) is 0 Å². The molecule has 6 heteroatoms. The molecule has 1 aromatic rings. The summed E-state index contributed by atoms with van der Waals surface area (Å²) in [5.74, 6) is 0.535. The number of hydrogen-bond acceptors (Lipinski definition) is 3. The van der Waals surface area contributed by atoms with Crippen molar-refractivity contribution in [1.82, 2.24) is 9.78 Å². The highest BCUT2D eigenvalue weighted by Crippen LogP contribution is 2.23. The average Bonchev–Trinajstić information content (AvgIpc) is 2.80. The fourth-order valence-electron chi connectivity index (χ4n) is 2.75. The van der Waals surface area contributed by atoms with Crippen LogP contribution in [0.3, 0.4) is 0 Å². The first kappa shape index (κ1) is 18.2. The Bertz CT molecular complexity index is 550. The number of sulfonamides is 1. The lowest BCUT2D eigenvalue weighted by atomic mass is 9.99. The third-order valence-electron chi connectivity index (χ3n) is 4.01. The normalized spacial score (nSPS) is 13.6. The van der Waals surface area contributed by atoms with Gasteiger partial charge in [-0.05, 0) is 25.2 Å². The van der Waals surface area contributed by atoms with Crippen LogP contribution in [-0.2, 0) is 29.4 Å². The number of primary sulfonamides is 1. The zero-order valence-corrected chi connectivity index (χ0v) is 14.5. The fourth-order valence-corrected chi connectivity index (χ4v) is 3.84. The Morgan fingerprint density at radius 1 is 1.19 bits per heavy atom. The average molecular weight is 315 g/mol. The van der Waals surface area contributed by atoms with Crippen LogP contribution < -0.4 is 5.14 Å². The molecule has 0 aliphatic carbocycles. The predicted octanol–water partition coefficient (Wildman–Crippen LogP) is 2.87. The van der Waals surface area contributed by atoms with Gasteiger partial charge < -0.3 is 0 Å². The molecule has 21 heavy (non-hydrogen) atoms. The van der Waals surface area contributed by atoms with Crippen LogP contribution in [-0.4, -0.2) is 18.2 Å². The molecule has 0 aromatic carbocycles. The maximum Gasteiger partial charge on any atom is 0.241 e. The molecular formula is C15H29N3O2S. The second-order valence-electron chi connectivity index (χ2n) is 5.57. The lowest BCUT2D eigenvalue weighted by Gasteiger charge is -2.16. The molecule has 5 nitrogen and oxygen atoms in total. The molecule has 0 aliphatic heterocycles. The Labute approximate surface area is 129 Å². The van der Waals surface area contributed by atoms with E-state index in [0.29, 0.717) is 24.5 Å². The summed E-state index contributed by atoms with van der Waals surface area (Å²) in [4.78, 5) is 0.248. The zero-order valence-electron chi connectivity index (χ0n) is 13.7. The Hall–Kier alpha value is -0.880. The van der Waals surface area contributed by atoms with Crippen LogP contribution in [0, 0.1) is 5.92 Å². The topological polar surface area (TPSA) is 78.0 Å². The molecule has 0 amide bonds. The van der Waals surface area contributed by atoms with Gasteiger partial charge in [0.15, 0.2) is 0 Å². The fraction of sp³-hybridized carbons (Fsp3) is 0.800. The molecule has 0 spiro atoms. The highest BCUT2D eigenvalue weighted by atomic mass is 32.2. The van der Waals surface area contributed by atoms with E-state index >= 15 is 0 Å². The third-order valence-corrected chi connectivity index (χ3v) is 5.05. The van der Waals surface area contributed by atoms with Crippen LogP contribution in [0.4, 0.5) is 0 Å². The second-order valence-corrected chi connectivity index (χ2v) is 7.07. The van der Waals surface area contributed by atoms with E-state index in [0.717, 1.165) is 25.1 Å². The first-order valence-electron chi connectivity index (χ1n) is 8.00. The van der Waals surface area contributed by atoms with Gasteiger partial charge in [-0.1, -0.05) is 47.0 Å². The summed E-state index contributed by atoms with van der Waals surface area (Å²) in [5.41, 5.74) is 1.35. The first-order valence-corrected chi connectivity index (χ1v) is 9.54. The molecule has 1 heterocycles. The van der Waals surface area contributed by atoms with E-state index < -0.39 is 10.0 Å². The van der Waals surface area contributed by atoms with Gasteiger partial charge in [-0.3, -0.25) is 4.68 Å². The van der Waals surface area contributed by atoms with Crippen molar-refractivity contribution >= 4 is 10.0 Å². The van der Waals surface area contributed by atoms with E-state index in [1.807, 2.05) is 18.5 Å². The van der Waals surface area contributed by atoms with Crippen molar-refractivity contribution in [3.05, 3.63) is 11.4 Å². The van der Waals surface area contributed by atoms with Gasteiger partial charge in [0.05, 0.1) is 11.4 Å². The van der Waals surface area contributed by atoms with E-state index in [1.54, 1.807) is 0 Å². The molecule has 1 unspecified atom stereocenters. The van der Waals surface area contributed by atoms with Gasteiger partial charge >= 0.3 is 0 Å². The predicted molar refractivity (Wildman–Crippen MR) is 85.7 cm³/mol. The van der Waals surface area contributed by atoms with Crippen LogP contribution in [0.15, 0.2) is 4.90 Å². The molecule has 1 aromatic heterocycles. The zero-order chi connectivity index (χ0) is 16.0. The molecule has 1 rings (SSSR count). The minimum Gasteiger partial charge on any atom is -0.268 e. The van der Waals surface area contributed by atoms with Crippen LogP contribution in [0.25, 0.3) is 0 Å². The number of nitrogens with zero attached hydrogens (tertiary/aromatic N) is 2. The number of nitrogens with two attached hydrogens (primary N) is 1. The lowest BCUT2D eigenvalue weighted by Crippen LogP contribution is -2.17. The minimum atomic E-state index is -3.71. The highest BCUT2D eigenvalue weighted by molar-refractivity contribution is 7.89. The number of hydrogen-bond donors (Lipinski definition) is 1. The Kier molecular flexibility index (Phi) is 6.87. The van der Waals surface area contributed by atoms with Crippen LogP contribution >= 0.6 is 0 Å². The van der Waals surface area contributed by atoms with Crippen LogP contribution in [0.5, 0.6) is 0 Å². The monoisotopic (exact) mass is 315 g/mol. The van der Waals surface area contributed by atoms with Gasteiger partial charge in [0.1, 0.15) is 4.90 Å². The summed E-state index contributed by atoms with van der Waals surface area (Å²) in [6, 6.07) is 0. The van der Waals surface area contributed by atoms with Crippen molar-refractivity contribution < 1.29 is 8.42 Å². The minimum absolute atomic E-state index is 0.248. The van der Waals surface area contributed by atoms with Gasteiger partial charge in [0, 0.05) is 6.54 Å². The Balaban J connectivity index is 3.16. The quantitative estimate of drug-likeness (QED) is 0.761. The summed E-state index contributed by atoms with van der Waals surface area (Å²) in [5, 5.41) is 9.90. The molecule has 0 saturated heterocycles. The second kappa shape index (κ2) is 7.94. The number of rotatable bonds is 9.